The highest BCUT2D eigenvalue weighted by Crippen LogP contribution is 2.26. The number of anilines is 3. The average Bonchev–Trinajstić information content (AvgIpc) is 3.20. The number of benzene rings is 1. The van der Waals surface area contributed by atoms with Crippen LogP contribution < -0.4 is 15.5 Å². The highest BCUT2D eigenvalue weighted by atomic mass is 32.1. The smallest absolute Gasteiger partial charge is 0.267 e. The van der Waals surface area contributed by atoms with Gasteiger partial charge in [0.05, 0.1) is 25.5 Å². The summed E-state index contributed by atoms with van der Waals surface area (Å²) in [6.45, 7) is 3.29. The molecule has 1 aliphatic carbocycles. The number of morpholine rings is 1. The van der Waals surface area contributed by atoms with Crippen molar-refractivity contribution in [2.24, 2.45) is 0 Å². The molecule has 2 heterocycles. The molecule has 150 valence electrons. The fraction of sp³-hybridized carbons (Fsp3) is 0.500. The number of aliphatic hydroxyl groups is 1. The number of hydrogen-bond acceptors (Lipinski definition) is 7. The summed E-state index contributed by atoms with van der Waals surface area (Å²) in [7, 11) is 0. The van der Waals surface area contributed by atoms with Crippen molar-refractivity contribution in [2.45, 2.75) is 37.8 Å². The van der Waals surface area contributed by atoms with Gasteiger partial charge in [-0.2, -0.15) is 0 Å². The van der Waals surface area contributed by atoms with Gasteiger partial charge in [0.15, 0.2) is 5.13 Å². The third kappa shape index (κ3) is 4.81. The number of rotatable bonds is 5. The number of nitrogens with one attached hydrogen (secondary N) is 2. The zero-order valence-corrected chi connectivity index (χ0v) is 16.6. The summed E-state index contributed by atoms with van der Waals surface area (Å²) in [6.07, 6.45) is 4.93. The molecule has 0 unspecified atom stereocenters. The number of amides is 1. The van der Waals surface area contributed by atoms with Crippen LogP contribution in [0, 0.1) is 0 Å². The van der Waals surface area contributed by atoms with Gasteiger partial charge in [-0.1, -0.05) is 11.3 Å². The number of aliphatic hydroxyl groups excluding tert-OH is 1. The normalized spacial score (nSPS) is 22.7. The molecule has 1 amide bonds. The van der Waals surface area contributed by atoms with Gasteiger partial charge in [0.25, 0.3) is 5.91 Å². The summed E-state index contributed by atoms with van der Waals surface area (Å²) >= 11 is 1.36. The molecule has 0 bridgehead atoms. The molecule has 1 saturated heterocycles. The van der Waals surface area contributed by atoms with Gasteiger partial charge in [-0.05, 0) is 49.9 Å². The van der Waals surface area contributed by atoms with Crippen molar-refractivity contribution in [1.29, 1.82) is 0 Å². The second kappa shape index (κ2) is 8.89. The highest BCUT2D eigenvalue weighted by molar-refractivity contribution is 7.17. The van der Waals surface area contributed by atoms with E-state index in [0.717, 1.165) is 68.5 Å². The first kappa shape index (κ1) is 19.2. The Kier molecular flexibility index (Phi) is 6.09. The fourth-order valence-corrected chi connectivity index (χ4v) is 4.40. The van der Waals surface area contributed by atoms with Crippen LogP contribution in [0.25, 0.3) is 0 Å². The van der Waals surface area contributed by atoms with Gasteiger partial charge in [-0.25, -0.2) is 4.98 Å². The molecule has 2 aromatic rings. The number of nitrogens with zero attached hydrogens (tertiary/aromatic N) is 2. The predicted octanol–water partition coefficient (Wildman–Crippen LogP) is 2.95. The summed E-state index contributed by atoms with van der Waals surface area (Å²) in [5, 5.41) is 16.7. The average molecular weight is 403 g/mol. The lowest BCUT2D eigenvalue weighted by Gasteiger charge is -2.28. The third-order valence-corrected chi connectivity index (χ3v) is 6.18. The van der Waals surface area contributed by atoms with Crippen LogP contribution >= 0.6 is 11.3 Å². The van der Waals surface area contributed by atoms with Crippen LogP contribution in [0.15, 0.2) is 30.5 Å². The lowest BCUT2D eigenvalue weighted by atomic mass is 9.93. The Morgan fingerprint density at radius 2 is 1.86 bits per heavy atom. The molecular weight excluding hydrogens is 376 g/mol. The van der Waals surface area contributed by atoms with Crippen LogP contribution in [0.2, 0.25) is 0 Å². The molecule has 7 nitrogen and oxygen atoms in total. The largest absolute Gasteiger partial charge is 0.393 e. The van der Waals surface area contributed by atoms with Gasteiger partial charge in [-0.3, -0.25) is 4.79 Å². The number of ether oxygens (including phenoxy) is 1. The van der Waals surface area contributed by atoms with Crippen LogP contribution in [0.4, 0.5) is 16.5 Å². The maximum Gasteiger partial charge on any atom is 0.267 e. The lowest BCUT2D eigenvalue weighted by Crippen LogP contribution is -2.36. The molecule has 1 aromatic carbocycles. The molecule has 0 spiro atoms. The Balaban J connectivity index is 1.31. The quantitative estimate of drug-likeness (QED) is 0.713. The Morgan fingerprint density at radius 3 is 2.57 bits per heavy atom. The van der Waals surface area contributed by atoms with Crippen molar-refractivity contribution >= 4 is 33.8 Å². The fourth-order valence-electron chi connectivity index (χ4n) is 3.61. The van der Waals surface area contributed by atoms with E-state index in [1.165, 1.54) is 11.3 Å². The molecule has 2 aliphatic rings. The molecule has 28 heavy (non-hydrogen) atoms. The van der Waals surface area contributed by atoms with Gasteiger partial charge in [-0.15, -0.1) is 0 Å². The molecule has 4 rings (SSSR count). The highest BCUT2D eigenvalue weighted by Gasteiger charge is 2.20. The summed E-state index contributed by atoms with van der Waals surface area (Å²) in [5.41, 5.74) is 1.91. The van der Waals surface area contributed by atoms with Crippen molar-refractivity contribution in [1.82, 2.24) is 4.98 Å². The predicted molar refractivity (Wildman–Crippen MR) is 111 cm³/mol. The summed E-state index contributed by atoms with van der Waals surface area (Å²) < 4.78 is 5.38. The summed E-state index contributed by atoms with van der Waals surface area (Å²) in [6, 6.07) is 8.22. The molecule has 3 N–H and O–H groups in total. The molecule has 8 heteroatoms. The van der Waals surface area contributed by atoms with E-state index in [1.54, 1.807) is 6.20 Å². The van der Waals surface area contributed by atoms with E-state index in [2.05, 4.69) is 20.5 Å². The van der Waals surface area contributed by atoms with Crippen molar-refractivity contribution < 1.29 is 14.6 Å². The van der Waals surface area contributed by atoms with Crippen LogP contribution in [0.5, 0.6) is 0 Å². The topological polar surface area (TPSA) is 86.7 Å². The first-order chi connectivity index (χ1) is 13.7. The van der Waals surface area contributed by atoms with E-state index >= 15 is 0 Å². The number of hydrogen-bond donors (Lipinski definition) is 3. The molecule has 1 saturated carbocycles. The van der Waals surface area contributed by atoms with Crippen molar-refractivity contribution in [3.63, 3.8) is 0 Å². The lowest BCUT2D eigenvalue weighted by molar-refractivity contribution is 0.103. The number of carbonyl (C=O) groups is 1. The third-order valence-electron chi connectivity index (χ3n) is 5.26. The SMILES string of the molecule is O=C(Nc1ccc(N2CCOCC2)cc1)c1cnc(NC2CCC(O)CC2)s1. The number of carbonyl (C=O) groups excluding carboxylic acids is 1. The molecule has 2 fully saturated rings. The standard InChI is InChI=1S/C20H26N4O3S/c25-17-7-3-15(4-8-17)23-20-21-13-18(28-20)19(26)22-14-1-5-16(6-2-14)24-9-11-27-12-10-24/h1-2,5-6,13,15,17,25H,3-4,7-12H2,(H,21,23)(H,22,26). The summed E-state index contributed by atoms with van der Waals surface area (Å²) in [5.74, 6) is -0.149. The Labute approximate surface area is 168 Å². The van der Waals surface area contributed by atoms with Gasteiger partial charge in [0.1, 0.15) is 4.88 Å². The molecule has 1 aromatic heterocycles. The second-order valence-corrected chi connectivity index (χ2v) is 8.31. The minimum atomic E-state index is -0.176. The van der Waals surface area contributed by atoms with Crippen LogP contribution in [-0.2, 0) is 4.74 Å². The minimum absolute atomic E-state index is 0.149. The molecule has 0 radical (unpaired) electrons. The van der Waals surface area contributed by atoms with Crippen LogP contribution in [0.1, 0.15) is 35.4 Å². The van der Waals surface area contributed by atoms with Crippen molar-refractivity contribution in [2.75, 3.05) is 41.8 Å². The monoisotopic (exact) mass is 402 g/mol. The molecule has 0 atom stereocenters. The van der Waals surface area contributed by atoms with Gasteiger partial charge < -0.3 is 25.4 Å². The Bertz CT molecular complexity index is 781. The van der Waals surface area contributed by atoms with Crippen molar-refractivity contribution in [3.8, 4) is 0 Å². The second-order valence-electron chi connectivity index (χ2n) is 7.28. The van der Waals surface area contributed by atoms with E-state index < -0.39 is 0 Å². The zero-order chi connectivity index (χ0) is 19.3. The Morgan fingerprint density at radius 1 is 1.14 bits per heavy atom. The maximum absolute atomic E-state index is 12.5. The molecule has 1 aliphatic heterocycles. The molecular formula is C20H26N4O3S. The van der Waals surface area contributed by atoms with E-state index in [4.69, 9.17) is 4.74 Å². The zero-order valence-electron chi connectivity index (χ0n) is 15.8. The van der Waals surface area contributed by atoms with E-state index in [0.29, 0.717) is 10.9 Å². The number of aromatic nitrogens is 1. The van der Waals surface area contributed by atoms with Gasteiger partial charge in [0, 0.05) is 30.5 Å². The first-order valence-corrected chi connectivity index (χ1v) is 10.6. The van der Waals surface area contributed by atoms with Gasteiger partial charge >= 0.3 is 0 Å². The maximum atomic E-state index is 12.5. The van der Waals surface area contributed by atoms with Gasteiger partial charge in [0.2, 0.25) is 0 Å². The van der Waals surface area contributed by atoms with Crippen molar-refractivity contribution in [3.05, 3.63) is 35.3 Å². The first-order valence-electron chi connectivity index (χ1n) is 9.82. The van der Waals surface area contributed by atoms with E-state index in [9.17, 15) is 9.90 Å². The van der Waals surface area contributed by atoms with E-state index in [1.807, 2.05) is 24.3 Å². The number of thiazole rings is 1. The summed E-state index contributed by atoms with van der Waals surface area (Å²) in [4.78, 5) is 19.7. The Hall–Kier alpha value is -2.16. The van der Waals surface area contributed by atoms with Crippen LogP contribution in [-0.4, -0.2) is 54.4 Å². The minimum Gasteiger partial charge on any atom is -0.393 e. The van der Waals surface area contributed by atoms with E-state index in [-0.39, 0.29) is 12.0 Å². The van der Waals surface area contributed by atoms with Crippen LogP contribution in [0.3, 0.4) is 0 Å².